The van der Waals surface area contributed by atoms with Crippen molar-refractivity contribution in [2.75, 3.05) is 23.9 Å². The van der Waals surface area contributed by atoms with Crippen molar-refractivity contribution in [2.24, 2.45) is 5.73 Å². The predicted octanol–water partition coefficient (Wildman–Crippen LogP) is 2.31. The average Bonchev–Trinajstić information content (AvgIpc) is 2.93. The summed E-state index contributed by atoms with van der Waals surface area (Å²) in [5.41, 5.74) is 7.15. The van der Waals surface area contributed by atoms with Crippen molar-refractivity contribution in [2.45, 2.75) is 38.6 Å². The maximum Gasteiger partial charge on any atom is 0.241 e. The lowest BCUT2D eigenvalue weighted by atomic mass is 10.1. The third kappa shape index (κ3) is 4.59. The zero-order chi connectivity index (χ0) is 16.1. The van der Waals surface area contributed by atoms with Gasteiger partial charge in [-0.25, -0.2) is 0 Å². The summed E-state index contributed by atoms with van der Waals surface area (Å²) < 4.78 is 5.36. The van der Waals surface area contributed by atoms with E-state index in [-0.39, 0.29) is 24.2 Å². The van der Waals surface area contributed by atoms with Crippen LogP contribution in [-0.4, -0.2) is 31.5 Å². The molecule has 0 radical (unpaired) electrons. The molecule has 128 valence electrons. The lowest BCUT2D eigenvalue weighted by Crippen LogP contribution is -2.35. The minimum absolute atomic E-state index is 0. The molecular weight excluding hydrogens is 318 g/mol. The summed E-state index contributed by atoms with van der Waals surface area (Å²) >= 11 is 0. The fourth-order valence-corrected chi connectivity index (χ4v) is 2.56. The molecule has 1 aliphatic heterocycles. The molecule has 1 heterocycles. The summed E-state index contributed by atoms with van der Waals surface area (Å²) in [6.07, 6.45) is 2.91. The molecule has 0 spiro atoms. The van der Waals surface area contributed by atoms with Crippen LogP contribution in [0.1, 0.15) is 32.6 Å². The molecule has 1 fully saturated rings. The van der Waals surface area contributed by atoms with E-state index in [0.717, 1.165) is 18.5 Å². The molecule has 6 nitrogen and oxygen atoms in total. The first kappa shape index (κ1) is 19.3. The van der Waals surface area contributed by atoms with E-state index < -0.39 is 6.04 Å². The number of carbonyl (C=O) groups is 2. The number of halogens is 1. The Morgan fingerprint density at radius 1 is 1.48 bits per heavy atom. The topological polar surface area (TPSA) is 84.7 Å². The predicted molar refractivity (Wildman–Crippen MR) is 93.3 cm³/mol. The van der Waals surface area contributed by atoms with Gasteiger partial charge in [0.25, 0.3) is 0 Å². The Morgan fingerprint density at radius 3 is 2.78 bits per heavy atom. The van der Waals surface area contributed by atoms with Crippen molar-refractivity contribution in [3.05, 3.63) is 18.2 Å². The molecule has 0 aliphatic carbocycles. The summed E-state index contributed by atoms with van der Waals surface area (Å²) in [5.74, 6) is 0.450. The maximum atomic E-state index is 12.0. The van der Waals surface area contributed by atoms with Crippen LogP contribution in [0.15, 0.2) is 18.2 Å². The van der Waals surface area contributed by atoms with E-state index >= 15 is 0 Å². The van der Waals surface area contributed by atoms with Gasteiger partial charge < -0.3 is 20.7 Å². The van der Waals surface area contributed by atoms with Gasteiger partial charge in [0.2, 0.25) is 11.8 Å². The molecule has 23 heavy (non-hydrogen) atoms. The molecule has 7 heteroatoms. The van der Waals surface area contributed by atoms with Crippen LogP contribution in [-0.2, 0) is 9.59 Å². The van der Waals surface area contributed by atoms with Crippen LogP contribution in [0.2, 0.25) is 0 Å². The molecule has 1 unspecified atom stereocenters. The summed E-state index contributed by atoms with van der Waals surface area (Å²) in [4.78, 5) is 25.5. The molecule has 1 saturated heterocycles. The number of benzene rings is 1. The second-order valence-corrected chi connectivity index (χ2v) is 5.42. The summed E-state index contributed by atoms with van der Waals surface area (Å²) in [7, 11) is 1.55. The van der Waals surface area contributed by atoms with Gasteiger partial charge in [0.15, 0.2) is 0 Å². The average molecular weight is 342 g/mol. The first-order chi connectivity index (χ1) is 10.6. The Balaban J connectivity index is 0.00000264. The van der Waals surface area contributed by atoms with E-state index in [9.17, 15) is 9.59 Å². The second kappa shape index (κ2) is 8.74. The van der Waals surface area contributed by atoms with Crippen molar-refractivity contribution >= 4 is 35.6 Å². The first-order valence-corrected chi connectivity index (χ1v) is 7.61. The van der Waals surface area contributed by atoms with E-state index in [2.05, 4.69) is 5.32 Å². The Hall–Kier alpha value is -1.79. The molecular formula is C16H24ClN3O3. The molecule has 2 rings (SSSR count). The monoisotopic (exact) mass is 341 g/mol. The molecule has 1 aliphatic rings. The van der Waals surface area contributed by atoms with Gasteiger partial charge in [-0.15, -0.1) is 12.4 Å². The largest absolute Gasteiger partial charge is 0.494 e. The van der Waals surface area contributed by atoms with Gasteiger partial charge in [-0.2, -0.15) is 0 Å². The number of nitrogens with zero attached hydrogens (tertiary/aromatic N) is 1. The number of carbonyl (C=O) groups excluding carboxylic acids is 2. The van der Waals surface area contributed by atoms with Gasteiger partial charge in [-0.1, -0.05) is 13.3 Å². The lowest BCUT2D eigenvalue weighted by molar-refractivity contribution is -0.118. The van der Waals surface area contributed by atoms with Crippen molar-refractivity contribution in [3.8, 4) is 5.75 Å². The van der Waals surface area contributed by atoms with Crippen LogP contribution < -0.4 is 20.7 Å². The van der Waals surface area contributed by atoms with Gasteiger partial charge in [0.05, 0.1) is 18.8 Å². The smallest absolute Gasteiger partial charge is 0.241 e. The zero-order valence-electron chi connectivity index (χ0n) is 13.5. The van der Waals surface area contributed by atoms with Crippen molar-refractivity contribution in [3.63, 3.8) is 0 Å². The van der Waals surface area contributed by atoms with Crippen LogP contribution in [0, 0.1) is 0 Å². The highest BCUT2D eigenvalue weighted by molar-refractivity contribution is 5.98. The molecule has 0 bridgehead atoms. The van der Waals surface area contributed by atoms with Crippen LogP contribution >= 0.6 is 12.4 Å². The highest BCUT2D eigenvalue weighted by Crippen LogP contribution is 2.33. The van der Waals surface area contributed by atoms with Gasteiger partial charge in [-0.05, 0) is 25.0 Å². The SMILES string of the molecule is CCCC(N)C(=O)Nc1ccc(N2CCCC2=O)c(OC)c1.Cl. The Bertz CT molecular complexity index is 566. The number of hydrogen-bond acceptors (Lipinski definition) is 4. The number of nitrogens with two attached hydrogens (primary N) is 1. The first-order valence-electron chi connectivity index (χ1n) is 7.61. The molecule has 1 atom stereocenters. The van der Waals surface area contributed by atoms with E-state index in [1.165, 1.54) is 0 Å². The van der Waals surface area contributed by atoms with Crippen molar-refractivity contribution < 1.29 is 14.3 Å². The minimum Gasteiger partial charge on any atom is -0.494 e. The number of rotatable bonds is 6. The fraction of sp³-hybridized carbons (Fsp3) is 0.500. The molecule has 1 aromatic rings. The third-order valence-corrected chi connectivity index (χ3v) is 3.75. The van der Waals surface area contributed by atoms with E-state index in [1.54, 1.807) is 30.2 Å². The van der Waals surface area contributed by atoms with Crippen molar-refractivity contribution in [1.82, 2.24) is 0 Å². The van der Waals surface area contributed by atoms with Crippen molar-refractivity contribution in [1.29, 1.82) is 0 Å². The summed E-state index contributed by atoms with van der Waals surface area (Å²) in [5, 5.41) is 2.78. The lowest BCUT2D eigenvalue weighted by Gasteiger charge is -2.20. The normalized spacial score (nSPS) is 15.1. The van der Waals surface area contributed by atoms with Gasteiger partial charge in [0, 0.05) is 24.7 Å². The minimum atomic E-state index is -0.518. The molecule has 0 saturated carbocycles. The van der Waals surface area contributed by atoms with Gasteiger partial charge in [-0.3, -0.25) is 9.59 Å². The van der Waals surface area contributed by atoms with Crippen LogP contribution in [0.3, 0.4) is 0 Å². The van der Waals surface area contributed by atoms with Crippen LogP contribution in [0.5, 0.6) is 5.75 Å². The molecule has 1 aromatic carbocycles. The fourth-order valence-electron chi connectivity index (χ4n) is 2.56. The zero-order valence-corrected chi connectivity index (χ0v) is 14.3. The number of nitrogens with one attached hydrogen (secondary N) is 1. The number of amides is 2. The Labute approximate surface area is 142 Å². The highest BCUT2D eigenvalue weighted by atomic mass is 35.5. The Kier molecular flexibility index (Phi) is 7.32. The van der Waals surface area contributed by atoms with Crippen LogP contribution in [0.4, 0.5) is 11.4 Å². The third-order valence-electron chi connectivity index (χ3n) is 3.75. The molecule has 3 N–H and O–H groups in total. The number of ether oxygens (including phenoxy) is 1. The Morgan fingerprint density at radius 2 is 2.22 bits per heavy atom. The number of hydrogen-bond donors (Lipinski definition) is 2. The number of anilines is 2. The quantitative estimate of drug-likeness (QED) is 0.831. The molecule has 0 aromatic heterocycles. The standard InChI is InChI=1S/C16H23N3O3.ClH/c1-3-5-12(17)16(21)18-11-7-8-13(14(10-11)22-2)19-9-4-6-15(19)20;/h7-8,10,12H,3-6,9,17H2,1-2H3,(H,18,21);1H. The molecule has 2 amide bonds. The number of methoxy groups -OCH3 is 1. The van der Waals surface area contributed by atoms with E-state index in [1.807, 2.05) is 6.92 Å². The summed E-state index contributed by atoms with van der Waals surface area (Å²) in [6, 6.07) is 4.76. The summed E-state index contributed by atoms with van der Waals surface area (Å²) in [6.45, 7) is 2.68. The van der Waals surface area contributed by atoms with Crippen LogP contribution in [0.25, 0.3) is 0 Å². The van der Waals surface area contributed by atoms with Gasteiger partial charge in [0.1, 0.15) is 5.75 Å². The maximum absolute atomic E-state index is 12.0. The highest BCUT2D eigenvalue weighted by Gasteiger charge is 2.24. The van der Waals surface area contributed by atoms with E-state index in [0.29, 0.717) is 30.8 Å². The van der Waals surface area contributed by atoms with E-state index in [4.69, 9.17) is 10.5 Å². The second-order valence-electron chi connectivity index (χ2n) is 5.42. The van der Waals surface area contributed by atoms with Gasteiger partial charge >= 0.3 is 0 Å².